The molecule has 0 aliphatic rings. The van der Waals surface area contributed by atoms with Gasteiger partial charge in [0.2, 0.25) is 0 Å². The van der Waals surface area contributed by atoms with E-state index in [1.165, 1.54) is 0 Å². The van der Waals surface area contributed by atoms with E-state index in [-0.39, 0.29) is 5.78 Å². The molecule has 0 unspecified atom stereocenters. The van der Waals surface area contributed by atoms with Crippen molar-refractivity contribution in [1.82, 2.24) is 4.98 Å². The lowest BCUT2D eigenvalue weighted by Gasteiger charge is -2.05. The zero-order valence-electron chi connectivity index (χ0n) is 10.7. The average Bonchev–Trinajstić information content (AvgIpc) is 2.29. The molecule has 0 aromatic carbocycles. The van der Waals surface area contributed by atoms with Crippen molar-refractivity contribution in [3.63, 3.8) is 0 Å². The van der Waals surface area contributed by atoms with E-state index in [0.717, 1.165) is 18.7 Å². The summed E-state index contributed by atoms with van der Waals surface area (Å²) in [5.74, 6) is 0.840. The SMILES string of the molecule is CC(C)CCOCCC(=O)Cc1ccccn1. The minimum atomic E-state index is 0.188. The lowest BCUT2D eigenvalue weighted by Crippen LogP contribution is -2.09. The van der Waals surface area contributed by atoms with Crippen LogP contribution in [0.2, 0.25) is 0 Å². The average molecular weight is 235 g/mol. The summed E-state index contributed by atoms with van der Waals surface area (Å²) in [6.07, 6.45) is 3.65. The zero-order valence-corrected chi connectivity index (χ0v) is 10.7. The van der Waals surface area contributed by atoms with E-state index in [4.69, 9.17) is 4.74 Å². The Morgan fingerprint density at radius 2 is 2.18 bits per heavy atom. The minimum absolute atomic E-state index is 0.188. The first-order valence-corrected chi connectivity index (χ1v) is 6.18. The Balaban J connectivity index is 2.10. The number of carbonyl (C=O) groups excluding carboxylic acids is 1. The van der Waals surface area contributed by atoms with Gasteiger partial charge in [-0.25, -0.2) is 0 Å². The molecule has 3 heteroatoms. The molecule has 0 bridgehead atoms. The van der Waals surface area contributed by atoms with Gasteiger partial charge in [-0.2, -0.15) is 0 Å². The highest BCUT2D eigenvalue weighted by Crippen LogP contribution is 2.01. The van der Waals surface area contributed by atoms with Crippen LogP contribution in [0.5, 0.6) is 0 Å². The van der Waals surface area contributed by atoms with Crippen LogP contribution in [-0.2, 0) is 16.0 Å². The van der Waals surface area contributed by atoms with E-state index in [2.05, 4.69) is 18.8 Å². The van der Waals surface area contributed by atoms with Gasteiger partial charge in [0.15, 0.2) is 0 Å². The van der Waals surface area contributed by atoms with Crippen molar-refractivity contribution in [1.29, 1.82) is 0 Å². The van der Waals surface area contributed by atoms with E-state index in [9.17, 15) is 4.79 Å². The third kappa shape index (κ3) is 6.84. The van der Waals surface area contributed by atoms with Gasteiger partial charge in [0.05, 0.1) is 6.61 Å². The van der Waals surface area contributed by atoms with Gasteiger partial charge in [-0.15, -0.1) is 0 Å². The van der Waals surface area contributed by atoms with Crippen molar-refractivity contribution >= 4 is 5.78 Å². The lowest BCUT2D eigenvalue weighted by molar-refractivity contribution is -0.119. The van der Waals surface area contributed by atoms with Crippen molar-refractivity contribution in [2.24, 2.45) is 5.92 Å². The van der Waals surface area contributed by atoms with Gasteiger partial charge in [-0.3, -0.25) is 9.78 Å². The second-order valence-corrected chi connectivity index (χ2v) is 4.58. The third-order valence-electron chi connectivity index (χ3n) is 2.47. The maximum Gasteiger partial charge on any atom is 0.141 e. The molecule has 1 heterocycles. The second kappa shape index (κ2) is 7.96. The largest absolute Gasteiger partial charge is 0.381 e. The van der Waals surface area contributed by atoms with Gasteiger partial charge in [0, 0.05) is 31.3 Å². The molecule has 3 nitrogen and oxygen atoms in total. The summed E-state index contributed by atoms with van der Waals surface area (Å²) in [4.78, 5) is 15.7. The number of rotatable bonds is 8. The van der Waals surface area contributed by atoms with Crippen LogP contribution in [0.3, 0.4) is 0 Å². The fourth-order valence-electron chi connectivity index (χ4n) is 1.40. The van der Waals surface area contributed by atoms with Crippen LogP contribution in [0.1, 0.15) is 32.4 Å². The normalized spacial score (nSPS) is 10.8. The highest BCUT2D eigenvalue weighted by molar-refractivity contribution is 5.80. The topological polar surface area (TPSA) is 39.2 Å². The van der Waals surface area contributed by atoms with Crippen LogP contribution < -0.4 is 0 Å². The van der Waals surface area contributed by atoms with Crippen LogP contribution in [0, 0.1) is 5.92 Å². The molecule has 0 saturated carbocycles. The van der Waals surface area contributed by atoms with E-state index in [0.29, 0.717) is 25.4 Å². The molecule has 94 valence electrons. The molecule has 0 N–H and O–H groups in total. The number of hydrogen-bond donors (Lipinski definition) is 0. The third-order valence-corrected chi connectivity index (χ3v) is 2.47. The lowest BCUT2D eigenvalue weighted by atomic mass is 10.1. The molecule has 0 fully saturated rings. The van der Waals surface area contributed by atoms with Gasteiger partial charge < -0.3 is 4.74 Å². The molecule has 0 aliphatic heterocycles. The van der Waals surface area contributed by atoms with Crippen LogP contribution in [0.15, 0.2) is 24.4 Å². The summed E-state index contributed by atoms with van der Waals surface area (Å²) < 4.78 is 5.41. The first kappa shape index (κ1) is 13.8. The zero-order chi connectivity index (χ0) is 12.5. The molecule has 1 rings (SSSR count). The molecule has 1 aromatic rings. The predicted octanol–water partition coefficient (Wildman–Crippen LogP) is 2.65. The Morgan fingerprint density at radius 3 is 2.82 bits per heavy atom. The molecule has 0 spiro atoms. The number of ether oxygens (including phenoxy) is 1. The number of carbonyl (C=O) groups is 1. The number of hydrogen-bond acceptors (Lipinski definition) is 3. The van der Waals surface area contributed by atoms with Gasteiger partial charge >= 0.3 is 0 Å². The van der Waals surface area contributed by atoms with Crippen molar-refractivity contribution < 1.29 is 9.53 Å². The van der Waals surface area contributed by atoms with Crippen molar-refractivity contribution in [3.8, 4) is 0 Å². The number of aromatic nitrogens is 1. The Kier molecular flexibility index (Phi) is 6.48. The molecule has 0 amide bonds. The van der Waals surface area contributed by atoms with Crippen molar-refractivity contribution in [2.45, 2.75) is 33.1 Å². The Morgan fingerprint density at radius 1 is 1.35 bits per heavy atom. The van der Waals surface area contributed by atoms with Crippen LogP contribution in [-0.4, -0.2) is 24.0 Å². The molecular weight excluding hydrogens is 214 g/mol. The molecule has 1 aromatic heterocycles. The van der Waals surface area contributed by atoms with E-state index < -0.39 is 0 Å². The second-order valence-electron chi connectivity index (χ2n) is 4.58. The van der Waals surface area contributed by atoms with Gasteiger partial charge in [0.1, 0.15) is 5.78 Å². The molecule has 17 heavy (non-hydrogen) atoms. The Labute approximate surface area is 103 Å². The highest BCUT2D eigenvalue weighted by atomic mass is 16.5. The summed E-state index contributed by atoms with van der Waals surface area (Å²) in [5, 5.41) is 0. The minimum Gasteiger partial charge on any atom is -0.381 e. The molecule has 0 radical (unpaired) electrons. The summed E-state index contributed by atoms with van der Waals surface area (Å²) in [6, 6.07) is 5.62. The smallest absolute Gasteiger partial charge is 0.141 e. The summed E-state index contributed by atoms with van der Waals surface area (Å²) >= 11 is 0. The van der Waals surface area contributed by atoms with Crippen LogP contribution >= 0.6 is 0 Å². The summed E-state index contributed by atoms with van der Waals surface area (Å²) in [7, 11) is 0. The van der Waals surface area contributed by atoms with E-state index in [1.54, 1.807) is 6.20 Å². The van der Waals surface area contributed by atoms with Crippen LogP contribution in [0.25, 0.3) is 0 Å². The number of Topliss-reactive ketones (excluding diaryl/α,β-unsaturated/α-hetero) is 1. The summed E-state index contributed by atoms with van der Waals surface area (Å²) in [6.45, 7) is 5.60. The van der Waals surface area contributed by atoms with Gasteiger partial charge in [0.25, 0.3) is 0 Å². The fraction of sp³-hybridized carbons (Fsp3) is 0.571. The maximum absolute atomic E-state index is 11.6. The monoisotopic (exact) mass is 235 g/mol. The molecule has 0 aliphatic carbocycles. The number of nitrogens with zero attached hydrogens (tertiary/aromatic N) is 1. The quantitative estimate of drug-likeness (QED) is 0.650. The van der Waals surface area contributed by atoms with Crippen molar-refractivity contribution in [3.05, 3.63) is 30.1 Å². The van der Waals surface area contributed by atoms with Crippen molar-refractivity contribution in [2.75, 3.05) is 13.2 Å². The standard InChI is InChI=1S/C14H21NO2/c1-12(2)6-9-17-10-7-14(16)11-13-5-3-4-8-15-13/h3-5,8,12H,6-7,9-11H2,1-2H3. The highest BCUT2D eigenvalue weighted by Gasteiger charge is 2.04. The number of pyridine rings is 1. The van der Waals surface area contributed by atoms with E-state index in [1.807, 2.05) is 18.2 Å². The molecular formula is C14H21NO2. The molecule has 0 saturated heterocycles. The predicted molar refractivity (Wildman–Crippen MR) is 67.8 cm³/mol. The van der Waals surface area contributed by atoms with Gasteiger partial charge in [-0.05, 0) is 24.5 Å². The summed E-state index contributed by atoms with van der Waals surface area (Å²) in [5.41, 5.74) is 0.833. The number of ketones is 1. The fourth-order valence-corrected chi connectivity index (χ4v) is 1.40. The first-order chi connectivity index (χ1) is 8.18. The Bertz CT molecular complexity index is 322. The van der Waals surface area contributed by atoms with Gasteiger partial charge in [-0.1, -0.05) is 19.9 Å². The molecule has 0 atom stereocenters. The first-order valence-electron chi connectivity index (χ1n) is 6.18. The maximum atomic E-state index is 11.6. The van der Waals surface area contributed by atoms with E-state index >= 15 is 0 Å². The van der Waals surface area contributed by atoms with Crippen LogP contribution in [0.4, 0.5) is 0 Å². The Hall–Kier alpha value is -1.22.